The van der Waals surface area contributed by atoms with Gasteiger partial charge in [-0.15, -0.1) is 11.3 Å². The first-order chi connectivity index (χ1) is 4.74. The van der Waals surface area contributed by atoms with Crippen molar-refractivity contribution in [2.75, 3.05) is 5.73 Å². The van der Waals surface area contributed by atoms with Gasteiger partial charge < -0.3 is 5.73 Å². The maximum Gasteiger partial charge on any atom is 0.0911 e. The van der Waals surface area contributed by atoms with Crippen molar-refractivity contribution < 1.29 is 0 Å². The van der Waals surface area contributed by atoms with Crippen LogP contribution in [0, 0.1) is 11.3 Å². The zero-order valence-electron chi connectivity index (χ0n) is 5.10. The number of hydrogen-bond acceptors (Lipinski definition) is 3. The second-order valence-corrected chi connectivity index (χ2v) is 4.24. The lowest BCUT2D eigenvalue weighted by Gasteiger charge is -1.86. The van der Waals surface area contributed by atoms with Gasteiger partial charge in [0.15, 0.2) is 0 Å². The van der Waals surface area contributed by atoms with Crippen LogP contribution < -0.4 is 5.73 Å². The Morgan fingerprint density at radius 3 is 2.90 bits per heavy atom. The van der Waals surface area contributed by atoms with Gasteiger partial charge in [-0.05, 0) is 22.0 Å². The molecule has 2 N–H and O–H groups in total. The Hall–Kier alpha value is -0.530. The number of hydrogen-bond donors (Lipinski definition) is 1. The van der Waals surface area contributed by atoms with E-state index >= 15 is 0 Å². The monoisotopic (exact) mass is 216 g/mol. The van der Waals surface area contributed by atoms with E-state index in [1.54, 1.807) is 0 Å². The molecule has 10 heavy (non-hydrogen) atoms. The zero-order valence-corrected chi connectivity index (χ0v) is 7.50. The fraction of sp³-hybridized carbons (Fsp3) is 0.167. The highest BCUT2D eigenvalue weighted by Gasteiger charge is 2.02. The Labute approximate surface area is 71.4 Å². The van der Waals surface area contributed by atoms with Crippen LogP contribution in [-0.4, -0.2) is 0 Å². The van der Waals surface area contributed by atoms with Gasteiger partial charge in [0.25, 0.3) is 0 Å². The smallest absolute Gasteiger partial charge is 0.0911 e. The summed E-state index contributed by atoms with van der Waals surface area (Å²) >= 11 is 4.73. The van der Waals surface area contributed by atoms with Crippen LogP contribution in [0.25, 0.3) is 0 Å². The molecule has 0 aliphatic carbocycles. The summed E-state index contributed by atoms with van der Waals surface area (Å²) in [5.74, 6) is 0. The van der Waals surface area contributed by atoms with Crippen LogP contribution in [-0.2, 0) is 6.42 Å². The molecule has 0 aromatic carbocycles. The van der Waals surface area contributed by atoms with Crippen molar-refractivity contribution >= 4 is 32.3 Å². The SMILES string of the molecule is N#CCc1cc(Br)sc1N. The van der Waals surface area contributed by atoms with E-state index in [-0.39, 0.29) is 0 Å². The Kier molecular flexibility index (Phi) is 2.30. The molecule has 4 heteroatoms. The van der Waals surface area contributed by atoms with E-state index in [9.17, 15) is 0 Å². The summed E-state index contributed by atoms with van der Waals surface area (Å²) in [7, 11) is 0. The van der Waals surface area contributed by atoms with Gasteiger partial charge >= 0.3 is 0 Å². The second-order valence-electron chi connectivity index (χ2n) is 1.77. The van der Waals surface area contributed by atoms with E-state index in [4.69, 9.17) is 11.0 Å². The maximum atomic E-state index is 8.34. The third kappa shape index (κ3) is 1.49. The fourth-order valence-electron chi connectivity index (χ4n) is 0.631. The number of thiophene rings is 1. The number of anilines is 1. The van der Waals surface area contributed by atoms with E-state index in [2.05, 4.69) is 15.9 Å². The summed E-state index contributed by atoms with van der Waals surface area (Å²) in [5.41, 5.74) is 6.48. The largest absolute Gasteiger partial charge is 0.390 e. The molecule has 0 saturated heterocycles. The third-order valence-corrected chi connectivity index (χ3v) is 2.59. The van der Waals surface area contributed by atoms with E-state index in [1.807, 2.05) is 12.1 Å². The van der Waals surface area contributed by atoms with Crippen LogP contribution in [0.1, 0.15) is 5.56 Å². The average Bonchev–Trinajstić information content (AvgIpc) is 2.13. The van der Waals surface area contributed by atoms with Crippen LogP contribution >= 0.6 is 27.3 Å². The van der Waals surface area contributed by atoms with Gasteiger partial charge in [0.05, 0.1) is 21.3 Å². The fourth-order valence-corrected chi connectivity index (χ4v) is 2.10. The lowest BCUT2D eigenvalue weighted by molar-refractivity contribution is 1.29. The highest BCUT2D eigenvalue weighted by Crippen LogP contribution is 2.29. The Bertz CT molecular complexity index is 274. The van der Waals surface area contributed by atoms with Crippen molar-refractivity contribution in [1.29, 1.82) is 5.26 Å². The van der Waals surface area contributed by atoms with E-state index in [1.165, 1.54) is 11.3 Å². The molecule has 0 unspecified atom stereocenters. The molecule has 1 rings (SSSR count). The minimum absolute atomic E-state index is 0.397. The summed E-state index contributed by atoms with van der Waals surface area (Å²) in [6.45, 7) is 0. The number of nitrogens with zero attached hydrogens (tertiary/aromatic N) is 1. The summed E-state index contributed by atoms with van der Waals surface area (Å²) in [4.78, 5) is 0. The average molecular weight is 217 g/mol. The Morgan fingerprint density at radius 2 is 2.50 bits per heavy atom. The summed E-state index contributed by atoms with van der Waals surface area (Å²) in [5, 5.41) is 9.07. The van der Waals surface area contributed by atoms with Gasteiger partial charge in [0, 0.05) is 5.56 Å². The number of nitrogen functional groups attached to an aromatic ring is 1. The molecule has 0 amide bonds. The molecule has 0 radical (unpaired) electrons. The highest BCUT2D eigenvalue weighted by atomic mass is 79.9. The molecule has 1 aromatic heterocycles. The third-order valence-electron chi connectivity index (χ3n) is 1.08. The molecule has 0 atom stereocenters. The number of halogens is 1. The van der Waals surface area contributed by atoms with Crippen molar-refractivity contribution in [3.05, 3.63) is 15.4 Å². The minimum atomic E-state index is 0.397. The molecular weight excluding hydrogens is 212 g/mol. The van der Waals surface area contributed by atoms with Gasteiger partial charge in [-0.2, -0.15) is 5.26 Å². The summed E-state index contributed by atoms with van der Waals surface area (Å²) in [6, 6.07) is 3.92. The first kappa shape index (κ1) is 7.58. The van der Waals surface area contributed by atoms with Gasteiger partial charge in [-0.3, -0.25) is 0 Å². The Balaban J connectivity index is 2.94. The normalized spacial score (nSPS) is 9.20. The van der Waals surface area contributed by atoms with Crippen molar-refractivity contribution in [1.82, 2.24) is 0 Å². The molecule has 0 aliphatic rings. The number of nitrogens with two attached hydrogens (primary N) is 1. The lowest BCUT2D eigenvalue weighted by Crippen LogP contribution is -1.85. The quantitative estimate of drug-likeness (QED) is 0.783. The molecule has 0 saturated carbocycles. The molecule has 0 spiro atoms. The topological polar surface area (TPSA) is 49.8 Å². The van der Waals surface area contributed by atoms with Gasteiger partial charge in [0.1, 0.15) is 0 Å². The molecule has 1 aromatic rings. The van der Waals surface area contributed by atoms with Gasteiger partial charge in [-0.1, -0.05) is 0 Å². The first-order valence-corrected chi connectivity index (χ1v) is 4.25. The summed E-state index contributed by atoms with van der Waals surface area (Å²) in [6.07, 6.45) is 0.397. The number of nitriles is 1. The highest BCUT2D eigenvalue weighted by molar-refractivity contribution is 9.11. The van der Waals surface area contributed by atoms with Gasteiger partial charge in [0.2, 0.25) is 0 Å². The molecule has 52 valence electrons. The predicted molar refractivity (Wildman–Crippen MR) is 45.7 cm³/mol. The van der Waals surface area contributed by atoms with E-state index in [0.29, 0.717) is 6.42 Å². The van der Waals surface area contributed by atoms with E-state index in [0.717, 1.165) is 14.4 Å². The molecular formula is C6H5BrN2S. The van der Waals surface area contributed by atoms with Crippen molar-refractivity contribution in [2.45, 2.75) is 6.42 Å². The van der Waals surface area contributed by atoms with Crippen LogP contribution in [0.3, 0.4) is 0 Å². The first-order valence-electron chi connectivity index (χ1n) is 2.64. The van der Waals surface area contributed by atoms with Gasteiger partial charge in [-0.25, -0.2) is 0 Å². The van der Waals surface area contributed by atoms with Crippen molar-refractivity contribution in [3.8, 4) is 6.07 Å². The molecule has 2 nitrogen and oxygen atoms in total. The van der Waals surface area contributed by atoms with Crippen LogP contribution in [0.15, 0.2) is 9.85 Å². The summed E-state index contributed by atoms with van der Waals surface area (Å²) < 4.78 is 0.982. The van der Waals surface area contributed by atoms with E-state index < -0.39 is 0 Å². The number of rotatable bonds is 1. The molecule has 0 aliphatic heterocycles. The lowest BCUT2D eigenvalue weighted by atomic mass is 10.2. The molecule has 1 heterocycles. The van der Waals surface area contributed by atoms with Crippen molar-refractivity contribution in [3.63, 3.8) is 0 Å². The molecule has 0 bridgehead atoms. The maximum absolute atomic E-state index is 8.34. The Morgan fingerprint density at radius 1 is 1.80 bits per heavy atom. The predicted octanol–water partition coefficient (Wildman–Crippen LogP) is 2.16. The van der Waals surface area contributed by atoms with Crippen LogP contribution in [0.2, 0.25) is 0 Å². The van der Waals surface area contributed by atoms with Crippen LogP contribution in [0.5, 0.6) is 0 Å². The molecule has 0 fully saturated rings. The second kappa shape index (κ2) is 3.04. The standard InChI is InChI=1S/C6H5BrN2S/c7-5-3-4(1-2-8)6(9)10-5/h3H,1,9H2. The van der Waals surface area contributed by atoms with Crippen LogP contribution in [0.4, 0.5) is 5.00 Å². The zero-order chi connectivity index (χ0) is 7.56. The minimum Gasteiger partial charge on any atom is -0.390 e. The van der Waals surface area contributed by atoms with Crippen molar-refractivity contribution in [2.24, 2.45) is 0 Å².